The van der Waals surface area contributed by atoms with Crippen LogP contribution in [0.1, 0.15) is 5.56 Å². The molecule has 2 heterocycles. The quantitative estimate of drug-likeness (QED) is 0.725. The molecule has 0 aliphatic carbocycles. The van der Waals surface area contributed by atoms with E-state index in [1.54, 1.807) is 18.5 Å². The Morgan fingerprint density at radius 2 is 2.09 bits per heavy atom. The molecule has 1 aromatic carbocycles. The molecule has 0 fully saturated rings. The number of pyridine rings is 1. The molecule has 0 saturated carbocycles. The second-order valence-electron chi connectivity index (χ2n) is 4.77. The molecular formula is C16H14N4O2S. The Morgan fingerprint density at radius 3 is 2.87 bits per heavy atom. The number of aromatic nitrogens is 3. The highest BCUT2D eigenvalue weighted by atomic mass is 32.2. The van der Waals surface area contributed by atoms with Gasteiger partial charge in [-0.2, -0.15) is 0 Å². The van der Waals surface area contributed by atoms with Gasteiger partial charge >= 0.3 is 0 Å². The standard InChI is InChI=1S/C16H14N4O2S/c1-11-5-2-3-7-13(11)18-14(21)10-23-16-20-19-15(22-16)12-6-4-8-17-9-12/h2-9H,10H2,1H3,(H,18,21). The summed E-state index contributed by atoms with van der Waals surface area (Å²) in [6, 6.07) is 11.2. The van der Waals surface area contributed by atoms with Gasteiger partial charge in [-0.25, -0.2) is 0 Å². The molecule has 3 rings (SSSR count). The molecule has 0 aliphatic heterocycles. The Bertz CT molecular complexity index is 805. The highest BCUT2D eigenvalue weighted by molar-refractivity contribution is 7.99. The lowest BCUT2D eigenvalue weighted by Gasteiger charge is -2.06. The molecule has 0 aliphatic rings. The van der Waals surface area contributed by atoms with E-state index in [1.807, 2.05) is 37.3 Å². The van der Waals surface area contributed by atoms with Gasteiger partial charge in [0.1, 0.15) is 0 Å². The fraction of sp³-hybridized carbons (Fsp3) is 0.125. The van der Waals surface area contributed by atoms with E-state index in [0.717, 1.165) is 16.8 Å². The minimum Gasteiger partial charge on any atom is -0.411 e. The third-order valence-corrected chi connectivity index (χ3v) is 3.88. The number of nitrogens with one attached hydrogen (secondary N) is 1. The molecule has 0 spiro atoms. The molecular weight excluding hydrogens is 312 g/mol. The van der Waals surface area contributed by atoms with E-state index >= 15 is 0 Å². The van der Waals surface area contributed by atoms with Crippen LogP contribution in [-0.2, 0) is 4.79 Å². The molecule has 0 unspecified atom stereocenters. The van der Waals surface area contributed by atoms with Crippen LogP contribution in [0.25, 0.3) is 11.5 Å². The van der Waals surface area contributed by atoms with Gasteiger partial charge in [0.15, 0.2) is 0 Å². The molecule has 0 atom stereocenters. The van der Waals surface area contributed by atoms with Crippen molar-refractivity contribution >= 4 is 23.4 Å². The minimum absolute atomic E-state index is 0.120. The van der Waals surface area contributed by atoms with E-state index in [-0.39, 0.29) is 11.7 Å². The zero-order valence-corrected chi connectivity index (χ0v) is 13.2. The summed E-state index contributed by atoms with van der Waals surface area (Å²) in [6.07, 6.45) is 3.32. The van der Waals surface area contributed by atoms with Crippen molar-refractivity contribution < 1.29 is 9.21 Å². The van der Waals surface area contributed by atoms with E-state index in [0.29, 0.717) is 11.1 Å². The summed E-state index contributed by atoms with van der Waals surface area (Å²) in [5, 5.41) is 11.1. The Balaban J connectivity index is 1.58. The smallest absolute Gasteiger partial charge is 0.277 e. The number of amides is 1. The molecule has 0 bridgehead atoms. The van der Waals surface area contributed by atoms with Crippen molar-refractivity contribution in [3.05, 3.63) is 54.4 Å². The average Bonchev–Trinajstić information content (AvgIpc) is 3.05. The number of nitrogens with zero attached hydrogens (tertiary/aromatic N) is 3. The summed E-state index contributed by atoms with van der Waals surface area (Å²) in [4.78, 5) is 16.0. The van der Waals surface area contributed by atoms with Crippen LogP contribution in [0.5, 0.6) is 0 Å². The number of aryl methyl sites for hydroxylation is 1. The summed E-state index contributed by atoms with van der Waals surface area (Å²) >= 11 is 1.20. The number of carbonyl (C=O) groups is 1. The molecule has 3 aromatic rings. The van der Waals surface area contributed by atoms with Crippen molar-refractivity contribution in [2.24, 2.45) is 0 Å². The van der Waals surface area contributed by atoms with Gasteiger partial charge in [-0.05, 0) is 30.7 Å². The maximum absolute atomic E-state index is 12.0. The second kappa shape index (κ2) is 7.06. The molecule has 23 heavy (non-hydrogen) atoms. The van der Waals surface area contributed by atoms with Gasteiger partial charge in [-0.1, -0.05) is 30.0 Å². The molecule has 1 N–H and O–H groups in total. The van der Waals surface area contributed by atoms with Crippen LogP contribution in [0.15, 0.2) is 58.4 Å². The fourth-order valence-electron chi connectivity index (χ4n) is 1.90. The maximum atomic E-state index is 12.0. The van der Waals surface area contributed by atoms with E-state index in [2.05, 4.69) is 20.5 Å². The van der Waals surface area contributed by atoms with Gasteiger partial charge in [0.05, 0.1) is 11.3 Å². The predicted molar refractivity (Wildman–Crippen MR) is 88.1 cm³/mol. The third kappa shape index (κ3) is 3.95. The number of thioether (sulfide) groups is 1. The number of rotatable bonds is 5. The molecule has 0 radical (unpaired) electrons. The highest BCUT2D eigenvalue weighted by Crippen LogP contribution is 2.22. The lowest BCUT2D eigenvalue weighted by Crippen LogP contribution is -2.14. The van der Waals surface area contributed by atoms with Gasteiger partial charge < -0.3 is 9.73 Å². The van der Waals surface area contributed by atoms with Crippen molar-refractivity contribution in [3.8, 4) is 11.5 Å². The first-order chi connectivity index (χ1) is 11.2. The number of benzene rings is 1. The Morgan fingerprint density at radius 1 is 1.22 bits per heavy atom. The third-order valence-electron chi connectivity index (χ3n) is 3.06. The highest BCUT2D eigenvalue weighted by Gasteiger charge is 2.11. The Hall–Kier alpha value is -2.67. The zero-order chi connectivity index (χ0) is 16.1. The van der Waals surface area contributed by atoms with Crippen LogP contribution in [-0.4, -0.2) is 26.8 Å². The summed E-state index contributed by atoms with van der Waals surface area (Å²) in [5.74, 6) is 0.466. The fourth-order valence-corrected chi connectivity index (χ4v) is 2.46. The van der Waals surface area contributed by atoms with E-state index in [4.69, 9.17) is 4.42 Å². The Kier molecular flexibility index (Phi) is 4.68. The monoisotopic (exact) mass is 326 g/mol. The lowest BCUT2D eigenvalue weighted by atomic mass is 10.2. The molecule has 116 valence electrons. The number of carbonyl (C=O) groups excluding carboxylic acids is 1. The SMILES string of the molecule is Cc1ccccc1NC(=O)CSc1nnc(-c2cccnc2)o1. The van der Waals surface area contributed by atoms with Gasteiger partial charge in [0.25, 0.3) is 5.22 Å². The van der Waals surface area contributed by atoms with Gasteiger partial charge in [-0.15, -0.1) is 10.2 Å². The van der Waals surface area contributed by atoms with Crippen LogP contribution >= 0.6 is 11.8 Å². The lowest BCUT2D eigenvalue weighted by molar-refractivity contribution is -0.113. The van der Waals surface area contributed by atoms with Gasteiger partial charge in [0, 0.05) is 18.1 Å². The second-order valence-corrected chi connectivity index (χ2v) is 5.69. The molecule has 1 amide bonds. The largest absolute Gasteiger partial charge is 0.411 e. The van der Waals surface area contributed by atoms with Crippen LogP contribution in [0.2, 0.25) is 0 Å². The van der Waals surface area contributed by atoms with Crippen molar-refractivity contribution in [2.75, 3.05) is 11.1 Å². The van der Waals surface area contributed by atoms with Crippen molar-refractivity contribution in [2.45, 2.75) is 12.1 Å². The summed E-state index contributed by atoms with van der Waals surface area (Å²) < 4.78 is 5.51. The summed E-state index contributed by atoms with van der Waals surface area (Å²) in [6.45, 7) is 1.95. The van der Waals surface area contributed by atoms with Crippen molar-refractivity contribution in [1.82, 2.24) is 15.2 Å². The first kappa shape index (κ1) is 15.2. The average molecular weight is 326 g/mol. The number of hydrogen-bond acceptors (Lipinski definition) is 6. The normalized spacial score (nSPS) is 10.5. The van der Waals surface area contributed by atoms with Gasteiger partial charge in [0.2, 0.25) is 11.8 Å². The summed E-state index contributed by atoms with van der Waals surface area (Å²) in [5.41, 5.74) is 2.57. The van der Waals surface area contributed by atoms with Crippen molar-refractivity contribution in [3.63, 3.8) is 0 Å². The summed E-state index contributed by atoms with van der Waals surface area (Å²) in [7, 11) is 0. The maximum Gasteiger partial charge on any atom is 0.277 e. The number of anilines is 1. The first-order valence-electron chi connectivity index (χ1n) is 6.94. The van der Waals surface area contributed by atoms with Crippen molar-refractivity contribution in [1.29, 1.82) is 0 Å². The minimum atomic E-state index is -0.120. The molecule has 6 nitrogen and oxygen atoms in total. The predicted octanol–water partition coefficient (Wildman–Crippen LogP) is 3.17. The zero-order valence-electron chi connectivity index (χ0n) is 12.4. The van der Waals surface area contributed by atoms with Crippen LogP contribution in [0.3, 0.4) is 0 Å². The van der Waals surface area contributed by atoms with E-state index < -0.39 is 0 Å². The van der Waals surface area contributed by atoms with Gasteiger partial charge in [-0.3, -0.25) is 9.78 Å². The number of para-hydroxylation sites is 1. The van der Waals surface area contributed by atoms with Crippen LogP contribution in [0.4, 0.5) is 5.69 Å². The van der Waals surface area contributed by atoms with Crippen LogP contribution in [0, 0.1) is 6.92 Å². The van der Waals surface area contributed by atoms with E-state index in [9.17, 15) is 4.79 Å². The molecule has 0 saturated heterocycles. The topological polar surface area (TPSA) is 80.9 Å². The number of hydrogen-bond donors (Lipinski definition) is 1. The van der Waals surface area contributed by atoms with Crippen LogP contribution < -0.4 is 5.32 Å². The Labute approximate surface area is 137 Å². The van der Waals surface area contributed by atoms with E-state index in [1.165, 1.54) is 11.8 Å². The molecule has 7 heteroatoms. The molecule has 2 aromatic heterocycles. The first-order valence-corrected chi connectivity index (χ1v) is 7.93.